The van der Waals surface area contributed by atoms with Crippen molar-refractivity contribution in [2.24, 2.45) is 0 Å². The van der Waals surface area contributed by atoms with Gasteiger partial charge in [-0.05, 0) is 44.5 Å². The average molecular weight is 302 g/mol. The monoisotopic (exact) mass is 301 g/mol. The summed E-state index contributed by atoms with van der Waals surface area (Å²) in [5.74, 6) is 0.971. The Hall–Kier alpha value is -1.51. The molecule has 0 spiro atoms. The highest BCUT2D eigenvalue weighted by Gasteiger charge is 2.41. The van der Waals surface area contributed by atoms with Crippen molar-refractivity contribution >= 4 is 11.6 Å². The largest absolute Gasteiger partial charge is 0.486 e. The van der Waals surface area contributed by atoms with Gasteiger partial charge >= 0.3 is 0 Å². The molecule has 1 aliphatic rings. The first kappa shape index (κ1) is 14.4. The maximum Gasteiger partial charge on any atom is 0.125 e. The van der Waals surface area contributed by atoms with Crippen LogP contribution in [0.3, 0.4) is 0 Å². The molecule has 1 aliphatic heterocycles. The number of rotatable bonds is 3. The van der Waals surface area contributed by atoms with Gasteiger partial charge in [0.1, 0.15) is 11.4 Å². The Bertz CT molecular complexity index is 653. The Labute approximate surface area is 131 Å². The third-order valence-corrected chi connectivity index (χ3v) is 4.30. The van der Waals surface area contributed by atoms with Crippen molar-refractivity contribution in [3.05, 3.63) is 64.7 Å². The summed E-state index contributed by atoms with van der Waals surface area (Å²) in [5, 5.41) is 4.45. The van der Waals surface area contributed by atoms with Crippen LogP contribution in [-0.4, -0.2) is 5.60 Å². The fraction of sp³-hybridized carbons (Fsp3) is 0.333. The van der Waals surface area contributed by atoms with E-state index in [1.165, 1.54) is 11.1 Å². The normalized spacial score (nSPS) is 20.7. The fourth-order valence-electron chi connectivity index (χ4n) is 2.94. The van der Waals surface area contributed by atoms with Gasteiger partial charge < -0.3 is 4.74 Å². The molecule has 2 nitrogen and oxygen atoms in total. The Balaban J connectivity index is 1.87. The zero-order valence-electron chi connectivity index (χ0n) is 12.6. The lowest BCUT2D eigenvalue weighted by atomic mass is 9.93. The second-order valence-electron chi connectivity index (χ2n) is 6.12. The number of benzene rings is 2. The molecule has 0 saturated carbocycles. The van der Waals surface area contributed by atoms with Gasteiger partial charge in [-0.2, -0.15) is 0 Å². The van der Waals surface area contributed by atoms with Gasteiger partial charge in [0, 0.05) is 16.6 Å². The molecule has 3 heteroatoms. The molecule has 2 aromatic carbocycles. The minimum atomic E-state index is -0.267. The summed E-state index contributed by atoms with van der Waals surface area (Å²) in [4.78, 5) is 0. The highest BCUT2D eigenvalue weighted by atomic mass is 35.5. The van der Waals surface area contributed by atoms with E-state index < -0.39 is 0 Å². The maximum absolute atomic E-state index is 6.09. The van der Waals surface area contributed by atoms with E-state index in [1.54, 1.807) is 0 Å². The van der Waals surface area contributed by atoms with Crippen LogP contribution >= 0.6 is 11.6 Å². The van der Waals surface area contributed by atoms with Crippen LogP contribution in [-0.2, 0) is 0 Å². The summed E-state index contributed by atoms with van der Waals surface area (Å²) in [7, 11) is 0. The van der Waals surface area contributed by atoms with Crippen LogP contribution < -0.4 is 10.1 Å². The van der Waals surface area contributed by atoms with E-state index in [9.17, 15) is 0 Å². The molecule has 110 valence electrons. The molecule has 0 fully saturated rings. The zero-order chi connectivity index (χ0) is 15.0. The quantitative estimate of drug-likeness (QED) is 0.870. The van der Waals surface area contributed by atoms with Gasteiger partial charge in [0.05, 0.1) is 6.04 Å². The molecule has 2 atom stereocenters. The molecule has 2 aromatic rings. The Morgan fingerprint density at radius 2 is 1.90 bits per heavy atom. The van der Waals surface area contributed by atoms with E-state index in [0.29, 0.717) is 0 Å². The molecule has 0 radical (unpaired) electrons. The van der Waals surface area contributed by atoms with Gasteiger partial charge in [-0.1, -0.05) is 41.9 Å². The summed E-state index contributed by atoms with van der Waals surface area (Å²) in [6, 6.07) is 16.6. The van der Waals surface area contributed by atoms with Crippen molar-refractivity contribution in [3.63, 3.8) is 0 Å². The smallest absolute Gasteiger partial charge is 0.125 e. The van der Waals surface area contributed by atoms with E-state index >= 15 is 0 Å². The van der Waals surface area contributed by atoms with Gasteiger partial charge in [-0.25, -0.2) is 0 Å². The number of hydrogen-bond acceptors (Lipinski definition) is 2. The van der Waals surface area contributed by atoms with Crippen molar-refractivity contribution < 1.29 is 4.74 Å². The number of nitrogens with one attached hydrogen (secondary N) is 1. The van der Waals surface area contributed by atoms with Crippen molar-refractivity contribution in [2.45, 2.75) is 38.5 Å². The zero-order valence-corrected chi connectivity index (χ0v) is 13.3. The highest BCUT2D eigenvalue weighted by Crippen LogP contribution is 2.43. The molecule has 0 aromatic heterocycles. The molecule has 0 saturated heterocycles. The van der Waals surface area contributed by atoms with Crippen molar-refractivity contribution in [1.29, 1.82) is 0 Å². The SMILES string of the molecule is C[C@H](NC1c2ccccc2OC1(C)C)c1cccc(Cl)c1. The second kappa shape index (κ2) is 5.36. The van der Waals surface area contributed by atoms with Gasteiger partial charge in [0.25, 0.3) is 0 Å². The molecule has 3 rings (SSSR count). The minimum Gasteiger partial charge on any atom is -0.486 e. The number of hydrogen-bond donors (Lipinski definition) is 1. The molecular formula is C18H20ClNO. The first-order chi connectivity index (χ1) is 9.97. The summed E-state index contributed by atoms with van der Waals surface area (Å²) in [5.41, 5.74) is 2.13. The maximum atomic E-state index is 6.09. The molecule has 0 amide bonds. The third kappa shape index (κ3) is 2.78. The van der Waals surface area contributed by atoms with Crippen LogP contribution in [0, 0.1) is 0 Å². The lowest BCUT2D eigenvalue weighted by Crippen LogP contribution is -2.40. The fourth-order valence-corrected chi connectivity index (χ4v) is 3.14. The first-order valence-corrected chi connectivity index (χ1v) is 7.64. The molecule has 0 aliphatic carbocycles. The standard InChI is InChI=1S/C18H20ClNO/c1-12(13-7-6-8-14(19)11-13)20-17-15-9-4-5-10-16(15)21-18(17,2)3/h4-12,17,20H,1-3H3/t12-,17?/m0/s1. The van der Waals surface area contributed by atoms with Crippen LogP contribution in [0.25, 0.3) is 0 Å². The molecule has 21 heavy (non-hydrogen) atoms. The van der Waals surface area contributed by atoms with Gasteiger partial charge in [0.15, 0.2) is 0 Å². The van der Waals surface area contributed by atoms with Crippen LogP contribution in [0.15, 0.2) is 48.5 Å². The third-order valence-electron chi connectivity index (χ3n) is 4.06. The van der Waals surface area contributed by atoms with Crippen LogP contribution in [0.5, 0.6) is 5.75 Å². The van der Waals surface area contributed by atoms with Gasteiger partial charge in [-0.15, -0.1) is 0 Å². The summed E-state index contributed by atoms with van der Waals surface area (Å²) >= 11 is 6.09. The number of para-hydroxylation sites is 1. The molecule has 0 bridgehead atoms. The predicted octanol–water partition coefficient (Wildman–Crippen LogP) is 4.90. The molecule has 1 N–H and O–H groups in total. The van der Waals surface area contributed by atoms with Gasteiger partial charge in [-0.3, -0.25) is 5.32 Å². The predicted molar refractivity (Wildman–Crippen MR) is 86.9 cm³/mol. The van der Waals surface area contributed by atoms with E-state index in [-0.39, 0.29) is 17.7 Å². The lowest BCUT2D eigenvalue weighted by Gasteiger charge is -2.30. The number of ether oxygens (including phenoxy) is 1. The second-order valence-corrected chi connectivity index (χ2v) is 6.56. The lowest BCUT2D eigenvalue weighted by molar-refractivity contribution is 0.0919. The molecule has 1 heterocycles. The number of fused-ring (bicyclic) bond motifs is 1. The minimum absolute atomic E-state index is 0.155. The van der Waals surface area contributed by atoms with Crippen LogP contribution in [0.1, 0.15) is 44.0 Å². The molecule has 1 unspecified atom stereocenters. The Kier molecular flexibility index (Phi) is 3.68. The highest BCUT2D eigenvalue weighted by molar-refractivity contribution is 6.30. The van der Waals surface area contributed by atoms with E-state index in [2.05, 4.69) is 44.3 Å². The summed E-state index contributed by atoms with van der Waals surface area (Å²) in [6.45, 7) is 6.40. The Morgan fingerprint density at radius 3 is 2.67 bits per heavy atom. The van der Waals surface area contributed by atoms with E-state index in [0.717, 1.165) is 10.8 Å². The summed E-state index contributed by atoms with van der Waals surface area (Å²) < 4.78 is 6.08. The Morgan fingerprint density at radius 1 is 1.14 bits per heavy atom. The average Bonchev–Trinajstić information content (AvgIpc) is 2.69. The van der Waals surface area contributed by atoms with Crippen molar-refractivity contribution in [1.82, 2.24) is 5.32 Å². The first-order valence-electron chi connectivity index (χ1n) is 7.27. The van der Waals surface area contributed by atoms with E-state index in [1.807, 2.05) is 30.3 Å². The van der Waals surface area contributed by atoms with Crippen LogP contribution in [0.4, 0.5) is 0 Å². The topological polar surface area (TPSA) is 21.3 Å². The van der Waals surface area contributed by atoms with Crippen molar-refractivity contribution in [3.8, 4) is 5.75 Å². The number of halogens is 1. The summed E-state index contributed by atoms with van der Waals surface area (Å²) in [6.07, 6.45) is 0. The van der Waals surface area contributed by atoms with Crippen molar-refractivity contribution in [2.75, 3.05) is 0 Å². The van der Waals surface area contributed by atoms with E-state index in [4.69, 9.17) is 16.3 Å². The van der Waals surface area contributed by atoms with Crippen LogP contribution in [0.2, 0.25) is 5.02 Å². The molecular weight excluding hydrogens is 282 g/mol. The van der Waals surface area contributed by atoms with Gasteiger partial charge in [0.2, 0.25) is 0 Å².